The fourth-order valence-corrected chi connectivity index (χ4v) is 5.61. The molecule has 1 aliphatic rings. The first kappa shape index (κ1) is 27.3. The molecule has 0 spiro atoms. The minimum absolute atomic E-state index is 0.145. The predicted octanol–water partition coefficient (Wildman–Crippen LogP) is 4.39. The van der Waals surface area contributed by atoms with Gasteiger partial charge in [0.2, 0.25) is 16.0 Å². The van der Waals surface area contributed by atoms with Crippen LogP contribution in [0.5, 0.6) is 0 Å². The molecule has 2 N–H and O–H groups in total. The number of aromatic nitrogens is 2. The van der Waals surface area contributed by atoms with Crippen molar-refractivity contribution >= 4 is 44.8 Å². The molecule has 198 valence electrons. The van der Waals surface area contributed by atoms with E-state index in [0.29, 0.717) is 17.5 Å². The van der Waals surface area contributed by atoms with Crippen LogP contribution in [0.15, 0.2) is 59.6 Å². The smallest absolute Gasteiger partial charge is 0.245 e. The minimum atomic E-state index is -3.72. The zero-order valence-electron chi connectivity index (χ0n) is 21.6. The average molecular weight is 544 g/mol. The van der Waals surface area contributed by atoms with E-state index >= 15 is 0 Å². The van der Waals surface area contributed by atoms with Gasteiger partial charge < -0.3 is 15.5 Å². The molecule has 0 bridgehead atoms. The van der Waals surface area contributed by atoms with Gasteiger partial charge in [-0.2, -0.15) is 9.29 Å². The van der Waals surface area contributed by atoms with Gasteiger partial charge >= 0.3 is 0 Å². The topological polar surface area (TPSA) is 93.7 Å². The van der Waals surface area contributed by atoms with Crippen molar-refractivity contribution in [1.29, 1.82) is 0 Å². The second kappa shape index (κ2) is 11.7. The Morgan fingerprint density at radius 3 is 2.38 bits per heavy atom. The van der Waals surface area contributed by atoms with E-state index in [1.807, 2.05) is 26.0 Å². The summed E-state index contributed by atoms with van der Waals surface area (Å²) in [5.74, 6) is 0.652. The van der Waals surface area contributed by atoms with Gasteiger partial charge in [0.1, 0.15) is 9.92 Å². The van der Waals surface area contributed by atoms with Gasteiger partial charge in [0.15, 0.2) is 5.82 Å². The van der Waals surface area contributed by atoms with Crippen LogP contribution in [-0.2, 0) is 16.6 Å². The summed E-state index contributed by atoms with van der Waals surface area (Å²) in [5, 5.41) is 6.57. The van der Waals surface area contributed by atoms with E-state index in [9.17, 15) is 8.42 Å². The van der Waals surface area contributed by atoms with Crippen molar-refractivity contribution in [2.24, 2.45) is 0 Å². The molecule has 0 atom stereocenters. The van der Waals surface area contributed by atoms with Crippen LogP contribution < -0.4 is 10.6 Å². The summed E-state index contributed by atoms with van der Waals surface area (Å²) >= 11 is 6.37. The van der Waals surface area contributed by atoms with E-state index in [4.69, 9.17) is 11.6 Å². The molecule has 0 radical (unpaired) electrons. The first-order valence-corrected chi connectivity index (χ1v) is 14.1. The Balaban J connectivity index is 1.48. The third kappa shape index (κ3) is 6.77. The molecule has 0 saturated carbocycles. The SMILES string of the molecule is CC(C)N(C)S(=O)(=O)c1ccccc1Nc1nc(Nc2ccc(CN3CCN(C)CC3)cc2)ncc1Cl. The molecule has 4 rings (SSSR count). The molecule has 11 heteroatoms. The predicted molar refractivity (Wildman–Crippen MR) is 149 cm³/mol. The van der Waals surface area contributed by atoms with Crippen molar-refractivity contribution in [1.82, 2.24) is 24.1 Å². The molecule has 1 fully saturated rings. The highest BCUT2D eigenvalue weighted by atomic mass is 35.5. The number of likely N-dealkylation sites (N-methyl/N-ethyl adjacent to an activating group) is 1. The summed E-state index contributed by atoms with van der Waals surface area (Å²) in [6.45, 7) is 8.90. The maximum atomic E-state index is 13.1. The zero-order chi connectivity index (χ0) is 26.6. The van der Waals surface area contributed by atoms with E-state index in [1.165, 1.54) is 16.1 Å². The van der Waals surface area contributed by atoms with Crippen LogP contribution in [0.1, 0.15) is 19.4 Å². The van der Waals surface area contributed by atoms with Crippen molar-refractivity contribution in [3.8, 4) is 0 Å². The highest BCUT2D eigenvalue weighted by Gasteiger charge is 2.26. The maximum Gasteiger partial charge on any atom is 0.245 e. The summed E-state index contributed by atoms with van der Waals surface area (Å²) < 4.78 is 27.6. The van der Waals surface area contributed by atoms with Crippen LogP contribution in [0, 0.1) is 0 Å². The summed E-state index contributed by atoms with van der Waals surface area (Å²) in [5.41, 5.74) is 2.48. The van der Waals surface area contributed by atoms with E-state index < -0.39 is 10.0 Å². The summed E-state index contributed by atoms with van der Waals surface area (Å²) in [4.78, 5) is 13.7. The van der Waals surface area contributed by atoms with E-state index in [1.54, 1.807) is 31.3 Å². The third-order valence-electron chi connectivity index (χ3n) is 6.48. The third-order valence-corrected chi connectivity index (χ3v) is 8.85. The Morgan fingerprint density at radius 2 is 1.70 bits per heavy atom. The number of anilines is 4. The molecule has 0 unspecified atom stereocenters. The number of nitrogens with zero attached hydrogens (tertiary/aromatic N) is 5. The molecule has 3 aromatic rings. The molecule has 0 aliphatic carbocycles. The highest BCUT2D eigenvalue weighted by molar-refractivity contribution is 7.89. The molecule has 1 aromatic heterocycles. The lowest BCUT2D eigenvalue weighted by Gasteiger charge is -2.32. The van der Waals surface area contributed by atoms with Gasteiger partial charge in [-0.15, -0.1) is 0 Å². The molecular weight excluding hydrogens is 510 g/mol. The number of hydrogen-bond donors (Lipinski definition) is 2. The first-order chi connectivity index (χ1) is 17.6. The van der Waals surface area contributed by atoms with Gasteiger partial charge in [0, 0.05) is 51.5 Å². The second-order valence-corrected chi connectivity index (χ2v) is 11.9. The maximum absolute atomic E-state index is 13.1. The Kier molecular flexibility index (Phi) is 8.66. The monoisotopic (exact) mass is 543 g/mol. The lowest BCUT2D eigenvalue weighted by molar-refractivity contribution is 0.148. The van der Waals surface area contributed by atoms with Crippen LogP contribution >= 0.6 is 11.6 Å². The van der Waals surface area contributed by atoms with Crippen LogP contribution in [0.3, 0.4) is 0 Å². The minimum Gasteiger partial charge on any atom is -0.338 e. The van der Waals surface area contributed by atoms with E-state index in [-0.39, 0.29) is 16.0 Å². The number of sulfonamides is 1. The number of hydrogen-bond acceptors (Lipinski definition) is 8. The van der Waals surface area contributed by atoms with Crippen LogP contribution in [-0.4, -0.2) is 78.8 Å². The normalized spacial score (nSPS) is 15.3. The first-order valence-electron chi connectivity index (χ1n) is 12.3. The Hall–Kier alpha value is -2.76. The Morgan fingerprint density at radius 1 is 1.03 bits per heavy atom. The van der Waals surface area contributed by atoms with Crippen LogP contribution in [0.4, 0.5) is 23.1 Å². The second-order valence-electron chi connectivity index (χ2n) is 9.53. The van der Waals surface area contributed by atoms with Crippen molar-refractivity contribution in [3.05, 3.63) is 65.3 Å². The molecule has 2 aromatic carbocycles. The van der Waals surface area contributed by atoms with Crippen molar-refractivity contribution in [2.75, 3.05) is 50.9 Å². The van der Waals surface area contributed by atoms with Gasteiger partial charge in [-0.3, -0.25) is 4.90 Å². The molecule has 9 nitrogen and oxygen atoms in total. The number of para-hydroxylation sites is 1. The van der Waals surface area contributed by atoms with Gasteiger partial charge in [0.25, 0.3) is 0 Å². The fraction of sp³-hybridized carbons (Fsp3) is 0.385. The summed E-state index contributed by atoms with van der Waals surface area (Å²) in [6.07, 6.45) is 1.48. The van der Waals surface area contributed by atoms with E-state index in [0.717, 1.165) is 38.4 Å². The lowest BCUT2D eigenvalue weighted by atomic mass is 10.2. The van der Waals surface area contributed by atoms with Gasteiger partial charge in [-0.25, -0.2) is 13.4 Å². The number of benzene rings is 2. The van der Waals surface area contributed by atoms with Gasteiger partial charge in [-0.1, -0.05) is 35.9 Å². The molecular formula is C26H34ClN7O2S. The lowest BCUT2D eigenvalue weighted by Crippen LogP contribution is -2.43. The quantitative estimate of drug-likeness (QED) is 0.410. The highest BCUT2D eigenvalue weighted by Crippen LogP contribution is 2.30. The van der Waals surface area contributed by atoms with E-state index in [2.05, 4.69) is 49.6 Å². The molecule has 2 heterocycles. The summed E-state index contributed by atoms with van der Waals surface area (Å²) in [7, 11) is 0.00356. The largest absolute Gasteiger partial charge is 0.338 e. The molecule has 1 saturated heterocycles. The molecule has 1 aliphatic heterocycles. The van der Waals surface area contributed by atoms with Gasteiger partial charge in [-0.05, 0) is 50.7 Å². The number of halogens is 1. The van der Waals surface area contributed by atoms with Crippen LogP contribution in [0.25, 0.3) is 0 Å². The number of piperazine rings is 1. The fourth-order valence-electron chi connectivity index (χ4n) is 3.96. The molecule has 37 heavy (non-hydrogen) atoms. The van der Waals surface area contributed by atoms with Crippen LogP contribution in [0.2, 0.25) is 5.02 Å². The Labute approximate surface area is 224 Å². The van der Waals surface area contributed by atoms with Crippen molar-refractivity contribution in [3.63, 3.8) is 0 Å². The Bertz CT molecular complexity index is 1310. The van der Waals surface area contributed by atoms with Gasteiger partial charge in [0.05, 0.1) is 11.9 Å². The van der Waals surface area contributed by atoms with Crippen molar-refractivity contribution in [2.45, 2.75) is 31.3 Å². The number of rotatable bonds is 9. The summed E-state index contributed by atoms with van der Waals surface area (Å²) in [6, 6.07) is 14.7. The standard InChI is InChI=1S/C26H34ClN7O2S/c1-19(2)33(4)37(35,36)24-8-6-5-7-23(24)30-25-22(27)17-28-26(31-25)29-21-11-9-20(10-12-21)18-34-15-13-32(3)14-16-34/h5-12,17,19H,13-16,18H2,1-4H3,(H2,28,29,30,31). The molecule has 0 amide bonds. The average Bonchev–Trinajstić information content (AvgIpc) is 2.88. The van der Waals surface area contributed by atoms with Crippen molar-refractivity contribution < 1.29 is 8.42 Å². The zero-order valence-corrected chi connectivity index (χ0v) is 23.2. The number of nitrogens with one attached hydrogen (secondary N) is 2.